The highest BCUT2D eigenvalue weighted by Gasteiger charge is 2.14. The summed E-state index contributed by atoms with van der Waals surface area (Å²) in [5, 5.41) is 3.00. The van der Waals surface area contributed by atoms with Crippen LogP contribution in [0.4, 0.5) is 14.5 Å². The summed E-state index contributed by atoms with van der Waals surface area (Å²) >= 11 is 9.26. The molecule has 0 heterocycles. The van der Waals surface area contributed by atoms with Crippen LogP contribution in [0.1, 0.15) is 15.9 Å². The Balaban J connectivity index is 2.30. The number of rotatable bonds is 2. The number of hydrogen-bond donors (Lipinski definition) is 1. The SMILES string of the molecule is Cc1cc(Br)c(NC(=O)c2ccc(F)cc2F)cc1Cl. The van der Waals surface area contributed by atoms with Gasteiger partial charge in [-0.05, 0) is 52.7 Å². The van der Waals surface area contributed by atoms with Crippen LogP contribution >= 0.6 is 27.5 Å². The number of carbonyl (C=O) groups is 1. The first-order chi connectivity index (χ1) is 9.38. The number of carbonyl (C=O) groups excluding carboxylic acids is 1. The van der Waals surface area contributed by atoms with Gasteiger partial charge in [-0.2, -0.15) is 0 Å². The second kappa shape index (κ2) is 5.89. The topological polar surface area (TPSA) is 29.1 Å². The van der Waals surface area contributed by atoms with E-state index in [-0.39, 0.29) is 5.56 Å². The average molecular weight is 361 g/mol. The van der Waals surface area contributed by atoms with Gasteiger partial charge < -0.3 is 5.32 Å². The molecule has 1 N–H and O–H groups in total. The van der Waals surface area contributed by atoms with E-state index in [0.29, 0.717) is 21.2 Å². The number of amides is 1. The molecule has 0 unspecified atom stereocenters. The van der Waals surface area contributed by atoms with Gasteiger partial charge in [-0.25, -0.2) is 8.78 Å². The standard InChI is InChI=1S/C14H9BrClF2NO/c1-7-4-10(15)13(6-11(7)16)19-14(20)9-3-2-8(17)5-12(9)18/h2-6H,1H3,(H,19,20). The molecule has 0 radical (unpaired) electrons. The van der Waals surface area contributed by atoms with E-state index in [4.69, 9.17) is 11.6 Å². The molecule has 2 nitrogen and oxygen atoms in total. The van der Waals surface area contributed by atoms with Crippen molar-refractivity contribution in [1.82, 2.24) is 0 Å². The summed E-state index contributed by atoms with van der Waals surface area (Å²) in [5.74, 6) is -2.33. The smallest absolute Gasteiger partial charge is 0.258 e. The maximum absolute atomic E-state index is 13.5. The van der Waals surface area contributed by atoms with Crippen molar-refractivity contribution in [2.45, 2.75) is 6.92 Å². The van der Waals surface area contributed by atoms with Gasteiger partial charge in [0.05, 0.1) is 11.3 Å². The quantitative estimate of drug-likeness (QED) is 0.807. The first-order valence-corrected chi connectivity index (χ1v) is 6.77. The number of aryl methyl sites for hydroxylation is 1. The van der Waals surface area contributed by atoms with E-state index in [1.54, 1.807) is 12.1 Å². The fourth-order valence-corrected chi connectivity index (χ4v) is 2.33. The molecule has 0 aliphatic carbocycles. The lowest BCUT2D eigenvalue weighted by Crippen LogP contribution is -2.14. The number of anilines is 1. The molecule has 0 saturated heterocycles. The van der Waals surface area contributed by atoms with Crippen molar-refractivity contribution in [2.75, 3.05) is 5.32 Å². The monoisotopic (exact) mass is 359 g/mol. The van der Waals surface area contributed by atoms with Gasteiger partial charge in [0, 0.05) is 15.6 Å². The lowest BCUT2D eigenvalue weighted by atomic mass is 10.1. The lowest BCUT2D eigenvalue weighted by molar-refractivity contribution is 0.102. The Bertz CT molecular complexity index is 691. The third-order valence-corrected chi connectivity index (χ3v) is 3.74. The lowest BCUT2D eigenvalue weighted by Gasteiger charge is -2.10. The van der Waals surface area contributed by atoms with Gasteiger partial charge in [-0.1, -0.05) is 11.6 Å². The van der Waals surface area contributed by atoms with Crippen LogP contribution in [0.15, 0.2) is 34.8 Å². The van der Waals surface area contributed by atoms with Gasteiger partial charge in [0.1, 0.15) is 11.6 Å². The number of hydrogen-bond acceptors (Lipinski definition) is 1. The van der Waals surface area contributed by atoms with Gasteiger partial charge in [0.25, 0.3) is 5.91 Å². The number of nitrogens with one attached hydrogen (secondary N) is 1. The third kappa shape index (κ3) is 3.16. The molecule has 1 amide bonds. The molecular formula is C14H9BrClF2NO. The predicted molar refractivity (Wildman–Crippen MR) is 78.2 cm³/mol. The first-order valence-electron chi connectivity index (χ1n) is 5.60. The summed E-state index contributed by atoms with van der Waals surface area (Å²) in [6, 6.07) is 6.06. The molecule has 2 aromatic carbocycles. The Morgan fingerprint density at radius 2 is 1.95 bits per heavy atom. The van der Waals surface area contributed by atoms with Crippen LogP contribution in [0.3, 0.4) is 0 Å². The van der Waals surface area contributed by atoms with Gasteiger partial charge in [0.15, 0.2) is 0 Å². The van der Waals surface area contributed by atoms with Crippen LogP contribution < -0.4 is 5.32 Å². The molecule has 20 heavy (non-hydrogen) atoms. The molecule has 0 fully saturated rings. The third-order valence-electron chi connectivity index (χ3n) is 2.67. The first kappa shape index (κ1) is 14.9. The molecule has 2 rings (SSSR count). The average Bonchev–Trinajstić information content (AvgIpc) is 2.35. The largest absolute Gasteiger partial charge is 0.321 e. The van der Waals surface area contributed by atoms with Gasteiger partial charge in [0.2, 0.25) is 0 Å². The summed E-state index contributed by atoms with van der Waals surface area (Å²) in [4.78, 5) is 12.0. The van der Waals surface area contributed by atoms with Gasteiger partial charge in [-0.15, -0.1) is 0 Å². The Hall–Kier alpha value is -1.46. The number of halogens is 4. The van der Waals surface area contributed by atoms with Crippen LogP contribution in [0.25, 0.3) is 0 Å². The highest BCUT2D eigenvalue weighted by Crippen LogP contribution is 2.29. The number of benzene rings is 2. The van der Waals surface area contributed by atoms with Crippen LogP contribution in [0, 0.1) is 18.6 Å². The summed E-state index contributed by atoms with van der Waals surface area (Å²) in [6.45, 7) is 1.82. The maximum Gasteiger partial charge on any atom is 0.258 e. The molecular weight excluding hydrogens is 352 g/mol. The molecule has 0 aromatic heterocycles. The van der Waals surface area contributed by atoms with E-state index in [1.807, 2.05) is 6.92 Å². The van der Waals surface area contributed by atoms with E-state index in [1.165, 1.54) is 0 Å². The normalized spacial score (nSPS) is 10.4. The molecule has 0 aliphatic rings. The summed E-state index contributed by atoms with van der Waals surface area (Å²) in [5.41, 5.74) is 1.01. The van der Waals surface area contributed by atoms with Crippen molar-refractivity contribution < 1.29 is 13.6 Å². The Morgan fingerprint density at radius 3 is 2.60 bits per heavy atom. The highest BCUT2D eigenvalue weighted by molar-refractivity contribution is 9.10. The van der Waals surface area contributed by atoms with E-state index >= 15 is 0 Å². The summed E-state index contributed by atoms with van der Waals surface area (Å²) < 4.78 is 26.9. The zero-order valence-corrected chi connectivity index (χ0v) is 12.6. The Morgan fingerprint density at radius 1 is 1.25 bits per heavy atom. The van der Waals surface area contributed by atoms with E-state index in [2.05, 4.69) is 21.2 Å². The maximum atomic E-state index is 13.5. The molecule has 0 spiro atoms. The molecule has 0 atom stereocenters. The second-order valence-electron chi connectivity index (χ2n) is 4.16. The van der Waals surface area contributed by atoms with Crippen molar-refractivity contribution >= 4 is 39.1 Å². The van der Waals surface area contributed by atoms with Gasteiger partial charge >= 0.3 is 0 Å². The molecule has 6 heteroatoms. The molecule has 0 bridgehead atoms. The second-order valence-corrected chi connectivity index (χ2v) is 5.42. The summed E-state index contributed by atoms with van der Waals surface area (Å²) in [7, 11) is 0. The van der Waals surface area contributed by atoms with Crippen LogP contribution in [0.2, 0.25) is 5.02 Å². The predicted octanol–water partition coefficient (Wildman–Crippen LogP) is 4.94. The zero-order valence-electron chi connectivity index (χ0n) is 10.3. The van der Waals surface area contributed by atoms with E-state index in [0.717, 1.165) is 17.7 Å². The highest BCUT2D eigenvalue weighted by atomic mass is 79.9. The van der Waals surface area contributed by atoms with Crippen LogP contribution in [-0.2, 0) is 0 Å². The van der Waals surface area contributed by atoms with Crippen molar-refractivity contribution in [1.29, 1.82) is 0 Å². The van der Waals surface area contributed by atoms with E-state index < -0.39 is 17.5 Å². The minimum absolute atomic E-state index is 0.241. The fraction of sp³-hybridized carbons (Fsp3) is 0.0714. The molecule has 2 aromatic rings. The van der Waals surface area contributed by atoms with Crippen molar-refractivity contribution in [3.63, 3.8) is 0 Å². The van der Waals surface area contributed by atoms with Crippen molar-refractivity contribution in [3.05, 3.63) is 62.6 Å². The van der Waals surface area contributed by atoms with Crippen LogP contribution in [-0.4, -0.2) is 5.91 Å². The molecule has 0 saturated carbocycles. The van der Waals surface area contributed by atoms with E-state index in [9.17, 15) is 13.6 Å². The van der Waals surface area contributed by atoms with Crippen molar-refractivity contribution in [2.24, 2.45) is 0 Å². The minimum Gasteiger partial charge on any atom is -0.321 e. The van der Waals surface area contributed by atoms with Crippen molar-refractivity contribution in [3.8, 4) is 0 Å². The zero-order chi connectivity index (χ0) is 14.9. The Labute approximate surface area is 127 Å². The Kier molecular flexibility index (Phi) is 4.40. The van der Waals surface area contributed by atoms with Crippen LogP contribution in [0.5, 0.6) is 0 Å². The molecule has 0 aliphatic heterocycles. The fourth-order valence-electron chi connectivity index (χ4n) is 1.61. The van der Waals surface area contributed by atoms with Gasteiger partial charge in [-0.3, -0.25) is 4.79 Å². The molecule has 104 valence electrons. The summed E-state index contributed by atoms with van der Waals surface area (Å²) in [6.07, 6.45) is 0. The minimum atomic E-state index is -0.920.